The smallest absolute Gasteiger partial charge is 0.0679 e. The zero-order valence-electron chi connectivity index (χ0n) is 15.3. The van der Waals surface area contributed by atoms with Crippen LogP contribution < -0.4 is 5.32 Å². The Morgan fingerprint density at radius 1 is 1.23 bits per heavy atom. The lowest BCUT2D eigenvalue weighted by molar-refractivity contribution is 0.175. The number of hydrogen-bond acceptors (Lipinski definition) is 3. The number of nitrogens with one attached hydrogen (secondary N) is 2. The minimum absolute atomic E-state index is 0.160. The molecule has 2 atom stereocenters. The third kappa shape index (κ3) is 3.92. The Bertz CT molecular complexity index is 872. The van der Waals surface area contributed by atoms with Gasteiger partial charge in [-0.1, -0.05) is 30.3 Å². The summed E-state index contributed by atoms with van der Waals surface area (Å²) in [7, 11) is 0. The first-order valence-electron chi connectivity index (χ1n) is 9.48. The number of benzene rings is 2. The number of hydrogen-bond donors (Lipinski definition) is 3. The van der Waals surface area contributed by atoms with Crippen molar-refractivity contribution >= 4 is 16.6 Å². The molecule has 3 N–H and O–H groups in total. The van der Waals surface area contributed by atoms with E-state index in [0.29, 0.717) is 6.04 Å². The molecule has 0 aliphatic carbocycles. The topological polar surface area (TPSA) is 51.3 Å². The second kappa shape index (κ2) is 7.52. The molecule has 4 nitrogen and oxygen atoms in total. The fraction of sp³-hybridized carbons (Fsp3) is 0.364. The number of β-amino-alcohol motifs (C(OH)–C–C–N with tert-alkyl or cyclic N) is 1. The van der Waals surface area contributed by atoms with Gasteiger partial charge in [-0.25, -0.2) is 0 Å². The van der Waals surface area contributed by atoms with Gasteiger partial charge in [0, 0.05) is 48.5 Å². The number of aliphatic hydroxyl groups excluding tert-OH is 1. The van der Waals surface area contributed by atoms with Gasteiger partial charge in [0.1, 0.15) is 0 Å². The molecule has 2 unspecified atom stereocenters. The molecule has 0 spiro atoms. The van der Waals surface area contributed by atoms with Gasteiger partial charge in [0.25, 0.3) is 0 Å². The van der Waals surface area contributed by atoms with Crippen LogP contribution in [0.15, 0.2) is 54.7 Å². The molecule has 2 aromatic carbocycles. The zero-order valence-corrected chi connectivity index (χ0v) is 15.3. The highest BCUT2D eigenvalue weighted by Crippen LogP contribution is 2.21. The molecule has 0 amide bonds. The minimum Gasteiger partial charge on any atom is -0.392 e. The number of aromatic amines is 1. The van der Waals surface area contributed by atoms with E-state index in [1.54, 1.807) is 0 Å². The maximum absolute atomic E-state index is 9.69. The Hall–Kier alpha value is -2.30. The summed E-state index contributed by atoms with van der Waals surface area (Å²) < 4.78 is 0. The number of likely N-dealkylation sites (tertiary alicyclic amines) is 1. The lowest BCUT2D eigenvalue weighted by Crippen LogP contribution is -2.22. The third-order valence-corrected chi connectivity index (χ3v) is 5.19. The van der Waals surface area contributed by atoms with Gasteiger partial charge < -0.3 is 15.4 Å². The van der Waals surface area contributed by atoms with Gasteiger partial charge >= 0.3 is 0 Å². The number of aliphatic hydroxyl groups is 1. The van der Waals surface area contributed by atoms with Crippen molar-refractivity contribution in [3.05, 3.63) is 65.9 Å². The van der Waals surface area contributed by atoms with Gasteiger partial charge in [0.05, 0.1) is 6.10 Å². The average Bonchev–Trinajstić information content (AvgIpc) is 3.22. The molecule has 4 heteroatoms. The van der Waals surface area contributed by atoms with Crippen LogP contribution in [0.2, 0.25) is 0 Å². The number of anilines is 1. The summed E-state index contributed by atoms with van der Waals surface area (Å²) in [5.41, 5.74) is 5.00. The normalized spacial score (nSPS) is 19.1. The Balaban J connectivity index is 1.39. The van der Waals surface area contributed by atoms with Crippen molar-refractivity contribution in [2.45, 2.75) is 38.5 Å². The molecule has 1 saturated heterocycles. The molecule has 1 aromatic heterocycles. The number of fused-ring (bicyclic) bond motifs is 1. The van der Waals surface area contributed by atoms with E-state index in [4.69, 9.17) is 0 Å². The zero-order chi connectivity index (χ0) is 17.9. The Morgan fingerprint density at radius 2 is 2.12 bits per heavy atom. The first-order valence-corrected chi connectivity index (χ1v) is 9.48. The molecule has 4 rings (SSSR count). The number of para-hydroxylation sites is 1. The molecule has 1 fully saturated rings. The molecule has 3 aromatic rings. The molecular formula is C22H27N3O. The van der Waals surface area contributed by atoms with Crippen molar-refractivity contribution in [1.82, 2.24) is 9.88 Å². The van der Waals surface area contributed by atoms with Crippen molar-refractivity contribution in [2.24, 2.45) is 0 Å². The van der Waals surface area contributed by atoms with Crippen LogP contribution in [0, 0.1) is 0 Å². The molecule has 26 heavy (non-hydrogen) atoms. The lowest BCUT2D eigenvalue weighted by Gasteiger charge is -2.18. The maximum Gasteiger partial charge on any atom is 0.0679 e. The standard InChI is InChI=1S/C22H27N3O/c1-16(11-18-13-23-22-8-3-2-7-21(18)22)24-19-6-4-5-17(12-19)14-25-10-9-20(26)15-25/h2-8,12-13,16,20,23-24,26H,9-11,14-15H2,1H3. The predicted molar refractivity (Wildman–Crippen MR) is 107 cm³/mol. The van der Waals surface area contributed by atoms with Crippen LogP contribution in [-0.2, 0) is 13.0 Å². The Morgan fingerprint density at radius 3 is 2.96 bits per heavy atom. The van der Waals surface area contributed by atoms with E-state index < -0.39 is 0 Å². The minimum atomic E-state index is -0.160. The largest absolute Gasteiger partial charge is 0.392 e. The van der Waals surface area contributed by atoms with Crippen LogP contribution >= 0.6 is 0 Å². The molecule has 0 bridgehead atoms. The van der Waals surface area contributed by atoms with E-state index in [1.165, 1.54) is 22.0 Å². The fourth-order valence-electron chi connectivity index (χ4n) is 3.94. The monoisotopic (exact) mass is 349 g/mol. The number of H-pyrrole nitrogens is 1. The van der Waals surface area contributed by atoms with E-state index >= 15 is 0 Å². The van der Waals surface area contributed by atoms with Crippen LogP contribution in [0.25, 0.3) is 10.9 Å². The van der Waals surface area contributed by atoms with Crippen molar-refractivity contribution in [3.63, 3.8) is 0 Å². The van der Waals surface area contributed by atoms with Crippen molar-refractivity contribution in [2.75, 3.05) is 18.4 Å². The number of aromatic nitrogens is 1. The first-order chi connectivity index (χ1) is 12.7. The highest BCUT2D eigenvalue weighted by Gasteiger charge is 2.20. The summed E-state index contributed by atoms with van der Waals surface area (Å²) in [5.74, 6) is 0. The summed E-state index contributed by atoms with van der Waals surface area (Å²) in [6, 6.07) is 17.5. The summed E-state index contributed by atoms with van der Waals surface area (Å²) in [6.45, 7) is 4.90. The van der Waals surface area contributed by atoms with Crippen LogP contribution in [0.4, 0.5) is 5.69 Å². The fourth-order valence-corrected chi connectivity index (χ4v) is 3.94. The van der Waals surface area contributed by atoms with Gasteiger partial charge in [-0.05, 0) is 49.1 Å². The number of nitrogens with zero attached hydrogens (tertiary/aromatic N) is 1. The molecule has 1 aliphatic rings. The molecule has 0 saturated carbocycles. The van der Waals surface area contributed by atoms with Gasteiger partial charge in [-0.15, -0.1) is 0 Å². The van der Waals surface area contributed by atoms with Crippen LogP contribution in [0.1, 0.15) is 24.5 Å². The van der Waals surface area contributed by atoms with E-state index in [-0.39, 0.29) is 6.10 Å². The Kier molecular flexibility index (Phi) is 4.96. The van der Waals surface area contributed by atoms with Gasteiger partial charge in [-0.3, -0.25) is 4.90 Å². The highest BCUT2D eigenvalue weighted by molar-refractivity contribution is 5.83. The third-order valence-electron chi connectivity index (χ3n) is 5.19. The lowest BCUT2D eigenvalue weighted by atomic mass is 10.1. The quantitative estimate of drug-likeness (QED) is 0.635. The molecule has 0 radical (unpaired) electrons. The second-order valence-corrected chi connectivity index (χ2v) is 7.49. The van der Waals surface area contributed by atoms with Gasteiger partial charge in [0.2, 0.25) is 0 Å². The van der Waals surface area contributed by atoms with Crippen molar-refractivity contribution < 1.29 is 5.11 Å². The summed E-state index contributed by atoms with van der Waals surface area (Å²) in [6.07, 6.45) is 3.83. The molecular weight excluding hydrogens is 322 g/mol. The molecule has 136 valence electrons. The average molecular weight is 349 g/mol. The van der Waals surface area contributed by atoms with Crippen LogP contribution in [0.5, 0.6) is 0 Å². The van der Waals surface area contributed by atoms with Crippen LogP contribution in [-0.4, -0.2) is 40.2 Å². The van der Waals surface area contributed by atoms with Crippen molar-refractivity contribution in [3.8, 4) is 0 Å². The molecule has 1 aliphatic heterocycles. The van der Waals surface area contributed by atoms with Gasteiger partial charge in [0.15, 0.2) is 0 Å². The van der Waals surface area contributed by atoms with Crippen LogP contribution in [0.3, 0.4) is 0 Å². The molecule has 2 heterocycles. The van der Waals surface area contributed by atoms with E-state index in [2.05, 4.69) is 76.9 Å². The van der Waals surface area contributed by atoms with Crippen molar-refractivity contribution in [1.29, 1.82) is 0 Å². The first kappa shape index (κ1) is 17.1. The van der Waals surface area contributed by atoms with Gasteiger partial charge in [-0.2, -0.15) is 0 Å². The summed E-state index contributed by atoms with van der Waals surface area (Å²) in [4.78, 5) is 5.68. The van der Waals surface area contributed by atoms with E-state index in [1.807, 2.05) is 0 Å². The second-order valence-electron chi connectivity index (χ2n) is 7.49. The maximum atomic E-state index is 9.69. The number of rotatable bonds is 6. The van der Waals surface area contributed by atoms with E-state index in [9.17, 15) is 5.11 Å². The summed E-state index contributed by atoms with van der Waals surface area (Å²) >= 11 is 0. The predicted octanol–water partition coefficient (Wildman–Crippen LogP) is 3.78. The van der Waals surface area contributed by atoms with E-state index in [0.717, 1.165) is 38.2 Å². The highest BCUT2D eigenvalue weighted by atomic mass is 16.3. The summed E-state index contributed by atoms with van der Waals surface area (Å²) in [5, 5.41) is 14.6. The SMILES string of the molecule is CC(Cc1c[nH]c2ccccc12)Nc1cccc(CN2CCC(O)C2)c1. The Labute approximate surface area is 154 Å².